The van der Waals surface area contributed by atoms with Crippen molar-refractivity contribution in [3.63, 3.8) is 0 Å². The first-order valence-corrected chi connectivity index (χ1v) is 7.51. The van der Waals surface area contributed by atoms with E-state index in [2.05, 4.69) is 40.5 Å². The molecule has 0 aliphatic heterocycles. The first-order valence-electron chi connectivity index (χ1n) is 6.28. The van der Waals surface area contributed by atoms with E-state index in [0.29, 0.717) is 18.1 Å². The standard InChI is InChI=1S/C15H15N3OS/c1-20-12-5-2-10(3-6-12)13-9-17-15(18-13)14-7-4-11(8-16)19-14/h2-7,9H,8,16H2,1H3,(H,17,18). The van der Waals surface area contributed by atoms with Gasteiger partial charge in [-0.3, -0.25) is 0 Å². The second-order valence-corrected chi connectivity index (χ2v) is 5.22. The van der Waals surface area contributed by atoms with E-state index in [-0.39, 0.29) is 0 Å². The maximum atomic E-state index is 5.58. The lowest BCUT2D eigenvalue weighted by Gasteiger charge is -1.99. The molecule has 5 heteroatoms. The molecule has 0 radical (unpaired) electrons. The van der Waals surface area contributed by atoms with Crippen LogP contribution in [0.2, 0.25) is 0 Å². The predicted octanol–water partition coefficient (Wildman–Crippen LogP) is 3.52. The number of aromatic nitrogens is 2. The summed E-state index contributed by atoms with van der Waals surface area (Å²) in [7, 11) is 0. The van der Waals surface area contributed by atoms with E-state index in [1.165, 1.54) is 4.90 Å². The zero-order valence-corrected chi connectivity index (χ0v) is 11.9. The van der Waals surface area contributed by atoms with Crippen LogP contribution in [0.5, 0.6) is 0 Å². The number of furan rings is 1. The maximum Gasteiger partial charge on any atom is 0.173 e. The summed E-state index contributed by atoms with van der Waals surface area (Å²) < 4.78 is 5.58. The van der Waals surface area contributed by atoms with Crippen LogP contribution in [-0.4, -0.2) is 16.2 Å². The van der Waals surface area contributed by atoms with Gasteiger partial charge in [0.1, 0.15) is 5.76 Å². The molecule has 20 heavy (non-hydrogen) atoms. The number of hydrogen-bond donors (Lipinski definition) is 2. The summed E-state index contributed by atoms with van der Waals surface area (Å²) >= 11 is 1.73. The topological polar surface area (TPSA) is 67.8 Å². The smallest absolute Gasteiger partial charge is 0.173 e. The highest BCUT2D eigenvalue weighted by Gasteiger charge is 2.09. The lowest BCUT2D eigenvalue weighted by atomic mass is 10.2. The van der Waals surface area contributed by atoms with Crippen molar-refractivity contribution >= 4 is 11.8 Å². The molecule has 0 saturated heterocycles. The van der Waals surface area contributed by atoms with E-state index in [9.17, 15) is 0 Å². The van der Waals surface area contributed by atoms with E-state index >= 15 is 0 Å². The van der Waals surface area contributed by atoms with E-state index in [1.807, 2.05) is 18.3 Å². The van der Waals surface area contributed by atoms with Crippen LogP contribution in [0.1, 0.15) is 5.76 Å². The quantitative estimate of drug-likeness (QED) is 0.720. The molecule has 3 rings (SSSR count). The molecule has 2 aromatic heterocycles. The van der Waals surface area contributed by atoms with E-state index in [0.717, 1.165) is 17.0 Å². The minimum absolute atomic E-state index is 0.393. The van der Waals surface area contributed by atoms with Gasteiger partial charge in [0.2, 0.25) is 0 Å². The zero-order valence-electron chi connectivity index (χ0n) is 11.1. The molecule has 0 aliphatic rings. The predicted molar refractivity (Wildman–Crippen MR) is 81.4 cm³/mol. The largest absolute Gasteiger partial charge is 0.456 e. The Bertz CT molecular complexity index is 700. The molecule has 0 saturated carbocycles. The number of aromatic amines is 1. The van der Waals surface area contributed by atoms with Crippen LogP contribution in [-0.2, 0) is 6.54 Å². The molecule has 3 N–H and O–H groups in total. The molecule has 2 heterocycles. The lowest BCUT2D eigenvalue weighted by Crippen LogP contribution is -1.92. The van der Waals surface area contributed by atoms with Gasteiger partial charge in [0.15, 0.2) is 11.6 Å². The number of hydrogen-bond acceptors (Lipinski definition) is 4. The number of imidazole rings is 1. The zero-order chi connectivity index (χ0) is 13.9. The molecule has 0 atom stereocenters. The van der Waals surface area contributed by atoms with Gasteiger partial charge in [0.05, 0.1) is 18.4 Å². The number of nitrogens with one attached hydrogen (secondary N) is 1. The number of nitrogens with zero attached hydrogens (tertiary/aromatic N) is 1. The summed E-state index contributed by atoms with van der Waals surface area (Å²) in [5.41, 5.74) is 7.61. The fraction of sp³-hybridized carbons (Fsp3) is 0.133. The van der Waals surface area contributed by atoms with Crippen LogP contribution in [0.3, 0.4) is 0 Å². The van der Waals surface area contributed by atoms with Crippen LogP contribution < -0.4 is 5.73 Å². The van der Waals surface area contributed by atoms with Crippen molar-refractivity contribution in [3.8, 4) is 22.8 Å². The lowest BCUT2D eigenvalue weighted by molar-refractivity contribution is 0.522. The first-order chi connectivity index (χ1) is 9.80. The van der Waals surface area contributed by atoms with Crippen molar-refractivity contribution in [2.24, 2.45) is 5.73 Å². The van der Waals surface area contributed by atoms with Gasteiger partial charge < -0.3 is 15.1 Å². The normalized spacial score (nSPS) is 10.9. The van der Waals surface area contributed by atoms with Crippen LogP contribution in [0.15, 0.2) is 51.9 Å². The molecular weight excluding hydrogens is 270 g/mol. The maximum absolute atomic E-state index is 5.58. The average molecular weight is 285 g/mol. The van der Waals surface area contributed by atoms with Crippen LogP contribution in [0.4, 0.5) is 0 Å². The summed E-state index contributed by atoms with van der Waals surface area (Å²) in [6, 6.07) is 12.1. The molecule has 0 bridgehead atoms. The Labute approximate surface area is 121 Å². The van der Waals surface area contributed by atoms with Gasteiger partial charge in [-0.1, -0.05) is 12.1 Å². The van der Waals surface area contributed by atoms with Crippen molar-refractivity contribution in [2.45, 2.75) is 11.4 Å². The Balaban J connectivity index is 1.88. The molecule has 0 fully saturated rings. The van der Waals surface area contributed by atoms with Crippen LogP contribution in [0, 0.1) is 0 Å². The summed E-state index contributed by atoms with van der Waals surface area (Å²) in [5.74, 6) is 2.17. The summed E-state index contributed by atoms with van der Waals surface area (Å²) in [6.45, 7) is 0.393. The third-order valence-corrected chi connectivity index (χ3v) is 3.82. The molecule has 0 unspecified atom stereocenters. The number of benzene rings is 1. The van der Waals surface area contributed by atoms with Crippen molar-refractivity contribution in [2.75, 3.05) is 6.26 Å². The summed E-state index contributed by atoms with van der Waals surface area (Å²) in [5, 5.41) is 0. The second kappa shape index (κ2) is 5.56. The fourth-order valence-electron chi connectivity index (χ4n) is 1.98. The van der Waals surface area contributed by atoms with Crippen LogP contribution in [0.25, 0.3) is 22.8 Å². The highest BCUT2D eigenvalue weighted by Crippen LogP contribution is 2.25. The van der Waals surface area contributed by atoms with Gasteiger partial charge in [-0.25, -0.2) is 4.98 Å². The SMILES string of the molecule is CSc1ccc(-c2cnc(-c3ccc(CN)o3)[nH]2)cc1. The fourth-order valence-corrected chi connectivity index (χ4v) is 2.39. The number of rotatable bonds is 4. The first kappa shape index (κ1) is 13.0. The van der Waals surface area contributed by atoms with Crippen LogP contribution >= 0.6 is 11.8 Å². The van der Waals surface area contributed by atoms with Crippen molar-refractivity contribution in [1.29, 1.82) is 0 Å². The summed E-state index contributed by atoms with van der Waals surface area (Å²) in [4.78, 5) is 8.87. The van der Waals surface area contributed by atoms with Gasteiger partial charge in [-0.2, -0.15) is 0 Å². The summed E-state index contributed by atoms with van der Waals surface area (Å²) in [6.07, 6.45) is 3.88. The number of thioether (sulfide) groups is 1. The van der Waals surface area contributed by atoms with Gasteiger partial charge in [-0.15, -0.1) is 11.8 Å². The molecular formula is C15H15N3OS. The Morgan fingerprint density at radius 3 is 2.65 bits per heavy atom. The molecule has 0 amide bonds. The van der Waals surface area contributed by atoms with E-state index < -0.39 is 0 Å². The Morgan fingerprint density at radius 2 is 2.00 bits per heavy atom. The van der Waals surface area contributed by atoms with E-state index in [1.54, 1.807) is 11.8 Å². The number of H-pyrrole nitrogens is 1. The van der Waals surface area contributed by atoms with Crippen molar-refractivity contribution in [1.82, 2.24) is 9.97 Å². The Morgan fingerprint density at radius 1 is 1.20 bits per heavy atom. The third-order valence-electron chi connectivity index (χ3n) is 3.07. The van der Waals surface area contributed by atoms with Gasteiger partial charge >= 0.3 is 0 Å². The Hall–Kier alpha value is -1.98. The minimum atomic E-state index is 0.393. The highest BCUT2D eigenvalue weighted by molar-refractivity contribution is 7.98. The monoisotopic (exact) mass is 285 g/mol. The van der Waals surface area contributed by atoms with Gasteiger partial charge in [-0.05, 0) is 36.1 Å². The average Bonchev–Trinajstić information content (AvgIpc) is 3.16. The minimum Gasteiger partial charge on any atom is -0.456 e. The molecule has 1 aromatic carbocycles. The van der Waals surface area contributed by atoms with Gasteiger partial charge in [0, 0.05) is 4.90 Å². The molecule has 4 nitrogen and oxygen atoms in total. The van der Waals surface area contributed by atoms with E-state index in [4.69, 9.17) is 10.2 Å². The Kier molecular flexibility index (Phi) is 3.62. The van der Waals surface area contributed by atoms with Crippen molar-refractivity contribution in [3.05, 3.63) is 48.4 Å². The highest BCUT2D eigenvalue weighted by atomic mass is 32.2. The molecule has 3 aromatic rings. The molecule has 102 valence electrons. The molecule has 0 aliphatic carbocycles. The second-order valence-electron chi connectivity index (χ2n) is 4.34. The number of nitrogens with two attached hydrogens (primary N) is 1. The van der Waals surface area contributed by atoms with Gasteiger partial charge in [0.25, 0.3) is 0 Å². The van der Waals surface area contributed by atoms with Crippen molar-refractivity contribution < 1.29 is 4.42 Å². The third kappa shape index (κ3) is 2.50. The molecule has 0 spiro atoms.